The number of unbranched alkanes of at least 4 members (excludes halogenated alkanes) is 2. The molecule has 0 spiro atoms. The van der Waals surface area contributed by atoms with Crippen LogP contribution in [0.2, 0.25) is 10.6 Å². The van der Waals surface area contributed by atoms with E-state index < -0.39 is 14.4 Å². The van der Waals surface area contributed by atoms with E-state index in [9.17, 15) is 0 Å². The van der Waals surface area contributed by atoms with Crippen LogP contribution < -0.4 is 4.72 Å². The molecule has 0 aromatic rings. The van der Waals surface area contributed by atoms with E-state index in [0.717, 1.165) is 5.92 Å². The summed E-state index contributed by atoms with van der Waals surface area (Å²) in [5, 5.41) is 2.68. The van der Waals surface area contributed by atoms with Crippen LogP contribution in [0.3, 0.4) is 0 Å². The molecule has 0 saturated heterocycles. The maximum Gasteiger partial charge on any atom is 0.367 e. The van der Waals surface area contributed by atoms with Gasteiger partial charge < -0.3 is 4.72 Å². The molecule has 0 amide bonds. The minimum absolute atomic E-state index is 0.792. The van der Waals surface area contributed by atoms with Gasteiger partial charge in [0.2, 0.25) is 0 Å². The highest BCUT2D eigenvalue weighted by molar-refractivity contribution is 6.55. The topological polar surface area (TPSA) is 26.0 Å². The van der Waals surface area contributed by atoms with Gasteiger partial charge in [-0.25, -0.2) is 0 Å². The summed E-state index contributed by atoms with van der Waals surface area (Å²) in [6.45, 7) is 6.79. The van der Waals surface area contributed by atoms with Gasteiger partial charge in [0.25, 0.3) is 0 Å². The summed E-state index contributed by atoms with van der Waals surface area (Å²) < 4.78 is 6.05. The highest BCUT2D eigenvalue weighted by Crippen LogP contribution is 2.08. The van der Waals surface area contributed by atoms with Gasteiger partial charge in [0, 0.05) is 0 Å². The number of hydrogen-bond acceptors (Lipinski definition) is 1. The van der Waals surface area contributed by atoms with Crippen LogP contribution in [0.4, 0.5) is 0 Å². The highest BCUT2D eigenvalue weighted by atomic mass is 27.2. The predicted molar refractivity (Wildman–Crippen MR) is 53.9 cm³/mol. The van der Waals surface area contributed by atoms with Crippen LogP contribution >= 0.6 is 0 Å². The lowest BCUT2D eigenvalue weighted by Crippen LogP contribution is -2.26. The summed E-state index contributed by atoms with van der Waals surface area (Å²) in [5.41, 5.74) is 0. The molecule has 0 saturated carbocycles. The molecule has 0 heterocycles. The van der Waals surface area contributed by atoms with Crippen molar-refractivity contribution in [3.63, 3.8) is 0 Å². The minimum Gasteiger partial charge on any atom is -0.413 e. The monoisotopic (exact) mass is 171 g/mol. The highest BCUT2D eigenvalue weighted by Gasteiger charge is 2.12. The standard InChI is InChI=1S/C5H11.C4H9.Al.H2N/c1-3-5-4-2;1-4(2)3;;/h1,3-5H2,2H3;4H,1H2,2-3H3;;1H2/q;;+1;-1. The Morgan fingerprint density at radius 3 is 2.36 bits per heavy atom. The molecule has 11 heavy (non-hydrogen) atoms. The molecule has 0 aliphatic heterocycles. The quantitative estimate of drug-likeness (QED) is 0.482. The van der Waals surface area contributed by atoms with Gasteiger partial charge in [0.1, 0.15) is 0 Å². The zero-order chi connectivity index (χ0) is 8.69. The Bertz CT molecular complexity index is 83.6. The van der Waals surface area contributed by atoms with Crippen molar-refractivity contribution in [3.05, 3.63) is 0 Å². The Hall–Kier alpha value is 0.492. The Kier molecular flexibility index (Phi) is 7.48. The van der Waals surface area contributed by atoms with E-state index in [-0.39, 0.29) is 0 Å². The van der Waals surface area contributed by atoms with Crippen LogP contribution in [0.1, 0.15) is 40.0 Å². The molecule has 0 aliphatic carbocycles. The van der Waals surface area contributed by atoms with Crippen LogP contribution in [-0.4, -0.2) is 14.4 Å². The van der Waals surface area contributed by atoms with Crippen molar-refractivity contribution in [2.24, 2.45) is 10.6 Å². The summed E-state index contributed by atoms with van der Waals surface area (Å²) in [7, 11) is 0. The number of hydrogen-bond donors (Lipinski definition) is 1. The summed E-state index contributed by atoms with van der Waals surface area (Å²) in [5.74, 6) is 0.818. The molecule has 0 aromatic carbocycles. The first-order valence-electron chi connectivity index (χ1n) is 4.92. The van der Waals surface area contributed by atoms with Gasteiger partial charge in [-0.3, -0.25) is 0 Å². The molecule has 2 N–H and O–H groups in total. The Labute approximate surface area is 76.0 Å². The summed E-state index contributed by atoms with van der Waals surface area (Å²) in [6, 6.07) is 0. The summed E-state index contributed by atoms with van der Waals surface area (Å²) >= 11 is -0.792. The molecule has 66 valence electrons. The first-order valence-corrected chi connectivity index (χ1v) is 7.22. The van der Waals surface area contributed by atoms with Crippen molar-refractivity contribution < 1.29 is 0 Å². The van der Waals surface area contributed by atoms with Gasteiger partial charge in [-0.15, -0.1) is 0 Å². The molecule has 1 nitrogen and oxygen atoms in total. The lowest BCUT2D eigenvalue weighted by molar-refractivity contribution is 0.711. The first kappa shape index (κ1) is 11.5. The van der Waals surface area contributed by atoms with E-state index >= 15 is 0 Å². The van der Waals surface area contributed by atoms with Crippen molar-refractivity contribution in [3.8, 4) is 0 Å². The number of rotatable bonds is 6. The molecule has 0 fully saturated rings. The Morgan fingerprint density at radius 2 is 1.91 bits per heavy atom. The van der Waals surface area contributed by atoms with Crippen molar-refractivity contribution in [1.82, 2.24) is 0 Å². The average Bonchev–Trinajstić information content (AvgIpc) is 1.86. The zero-order valence-electron chi connectivity index (χ0n) is 8.27. The van der Waals surface area contributed by atoms with Crippen LogP contribution in [0.25, 0.3) is 0 Å². The predicted octanol–water partition coefficient (Wildman–Crippen LogP) is 2.78. The normalized spacial score (nSPS) is 10.6. The maximum atomic E-state index is 6.05. The third kappa shape index (κ3) is 8.40. The second-order valence-electron chi connectivity index (χ2n) is 3.89. The fraction of sp³-hybridized carbons (Fsp3) is 1.00. The third-order valence-corrected chi connectivity index (χ3v) is 4.65. The van der Waals surface area contributed by atoms with Crippen molar-refractivity contribution in [2.75, 3.05) is 0 Å². The van der Waals surface area contributed by atoms with Crippen molar-refractivity contribution in [2.45, 2.75) is 50.6 Å². The van der Waals surface area contributed by atoms with Gasteiger partial charge >= 0.3 is 14.4 Å². The summed E-state index contributed by atoms with van der Waals surface area (Å²) in [4.78, 5) is 0. The van der Waals surface area contributed by atoms with Crippen LogP contribution in [-0.2, 0) is 0 Å². The minimum atomic E-state index is -0.792. The fourth-order valence-corrected chi connectivity index (χ4v) is 3.64. The smallest absolute Gasteiger partial charge is 0.367 e. The van der Waals surface area contributed by atoms with Crippen LogP contribution in [0, 0.1) is 5.92 Å². The SMILES string of the molecule is CCCC[CH2][Al]([NH2])[CH2]C(C)C. The van der Waals surface area contributed by atoms with Crippen LogP contribution in [0.15, 0.2) is 0 Å². The molecule has 0 unspecified atom stereocenters. The van der Waals surface area contributed by atoms with E-state index in [2.05, 4.69) is 20.8 Å². The lowest BCUT2D eigenvalue weighted by Gasteiger charge is -2.07. The molecular formula is C9H22AlN. The summed E-state index contributed by atoms with van der Waals surface area (Å²) in [6.07, 6.45) is 4.07. The Balaban J connectivity index is 3.15. The molecule has 0 bridgehead atoms. The second-order valence-corrected chi connectivity index (χ2v) is 6.45. The van der Waals surface area contributed by atoms with Gasteiger partial charge in [-0.1, -0.05) is 56.5 Å². The molecule has 0 radical (unpaired) electrons. The molecule has 0 rings (SSSR count). The molecule has 0 aliphatic rings. The van der Waals surface area contributed by atoms with Crippen molar-refractivity contribution in [1.29, 1.82) is 0 Å². The van der Waals surface area contributed by atoms with E-state index in [0.29, 0.717) is 0 Å². The van der Waals surface area contributed by atoms with E-state index in [1.807, 2.05) is 0 Å². The van der Waals surface area contributed by atoms with Gasteiger partial charge in [-0.05, 0) is 0 Å². The van der Waals surface area contributed by atoms with E-state index in [1.54, 1.807) is 0 Å². The first-order chi connectivity index (χ1) is 5.16. The zero-order valence-corrected chi connectivity index (χ0v) is 9.42. The van der Waals surface area contributed by atoms with Crippen LogP contribution in [0.5, 0.6) is 0 Å². The van der Waals surface area contributed by atoms with Crippen molar-refractivity contribution >= 4 is 14.4 Å². The third-order valence-electron chi connectivity index (χ3n) is 1.95. The Morgan fingerprint density at radius 1 is 1.27 bits per heavy atom. The van der Waals surface area contributed by atoms with E-state index in [4.69, 9.17) is 4.72 Å². The fourth-order valence-electron chi connectivity index (χ4n) is 1.38. The molecular weight excluding hydrogens is 149 g/mol. The maximum absolute atomic E-state index is 6.05. The second kappa shape index (κ2) is 7.16. The average molecular weight is 171 g/mol. The van der Waals surface area contributed by atoms with E-state index in [1.165, 1.54) is 29.8 Å². The van der Waals surface area contributed by atoms with Gasteiger partial charge in [0.05, 0.1) is 0 Å². The molecule has 2 heteroatoms. The largest absolute Gasteiger partial charge is 0.413 e. The molecule has 0 aromatic heterocycles. The molecule has 0 atom stereocenters. The number of nitrogens with two attached hydrogens (primary N) is 1. The van der Waals surface area contributed by atoms with Gasteiger partial charge in [-0.2, -0.15) is 0 Å². The lowest BCUT2D eigenvalue weighted by atomic mass is 10.3. The van der Waals surface area contributed by atoms with Gasteiger partial charge in [0.15, 0.2) is 0 Å².